The highest BCUT2D eigenvalue weighted by molar-refractivity contribution is 7.09. The van der Waals surface area contributed by atoms with Gasteiger partial charge in [0, 0.05) is 16.3 Å². The molecule has 5 N–H and O–H groups in total. The van der Waals surface area contributed by atoms with Crippen LogP contribution in [0.1, 0.15) is 27.2 Å². The smallest absolute Gasteiger partial charge is 0.373 e. The fraction of sp³-hybridized carbons (Fsp3) is 0.160. The first kappa shape index (κ1) is 32.8. The van der Waals surface area contributed by atoms with E-state index in [0.717, 1.165) is 4.88 Å². The maximum Gasteiger partial charge on any atom is 0.373 e. The number of nitrogens with two attached hydrogens (primary N) is 2. The van der Waals surface area contributed by atoms with Gasteiger partial charge in [0.2, 0.25) is 5.91 Å². The molecule has 1 amide bonds. The van der Waals surface area contributed by atoms with E-state index in [1.807, 2.05) is 17.5 Å². The fourth-order valence-electron chi connectivity index (χ4n) is 3.17. The summed E-state index contributed by atoms with van der Waals surface area (Å²) in [4.78, 5) is 58.6. The Bertz CT molecular complexity index is 1320. The Morgan fingerprint density at radius 2 is 1.74 bits per heavy atom. The summed E-state index contributed by atoms with van der Waals surface area (Å²) in [5, 5.41) is 11.4. The van der Waals surface area contributed by atoms with E-state index >= 15 is 0 Å². The van der Waals surface area contributed by atoms with Gasteiger partial charge in [0.05, 0.1) is 17.8 Å². The van der Waals surface area contributed by atoms with Crippen LogP contribution >= 0.6 is 35.3 Å². The van der Waals surface area contributed by atoms with Crippen molar-refractivity contribution in [1.82, 2.24) is 4.90 Å². The molecule has 1 heterocycles. The highest BCUT2D eigenvalue weighted by atomic mass is 35.5. The molecule has 1 aromatic heterocycles. The Hall–Kier alpha value is -4.22. The molecule has 0 aliphatic carbocycles. The van der Waals surface area contributed by atoms with Crippen LogP contribution in [0.2, 0.25) is 5.02 Å². The molecule has 2 aromatic carbocycles. The third-order valence-electron chi connectivity index (χ3n) is 4.81. The van der Waals surface area contributed by atoms with E-state index < -0.39 is 11.9 Å². The molecule has 3 rings (SSSR count). The molecule has 0 atom stereocenters. The number of nitrogens with zero attached hydrogens (tertiary/aromatic N) is 2. The number of rotatable bonds is 10. The van der Waals surface area contributed by atoms with E-state index in [0.29, 0.717) is 28.3 Å². The van der Waals surface area contributed by atoms with Crippen LogP contribution in [0.5, 0.6) is 5.75 Å². The van der Waals surface area contributed by atoms with Crippen LogP contribution < -0.4 is 16.2 Å². The maximum absolute atomic E-state index is 12.7. The van der Waals surface area contributed by atoms with E-state index in [4.69, 9.17) is 42.5 Å². The van der Waals surface area contributed by atoms with Gasteiger partial charge >= 0.3 is 18.1 Å². The van der Waals surface area contributed by atoms with E-state index in [1.54, 1.807) is 24.3 Å². The number of esters is 1. The topological polar surface area (TPSA) is 182 Å². The van der Waals surface area contributed by atoms with Gasteiger partial charge in [-0.05, 0) is 59.8 Å². The molecule has 0 spiro atoms. The normalized spacial score (nSPS) is 9.56. The van der Waals surface area contributed by atoms with Crippen molar-refractivity contribution in [2.75, 3.05) is 6.54 Å². The van der Waals surface area contributed by atoms with Crippen LogP contribution in [0.4, 0.5) is 5.69 Å². The monoisotopic (exact) mass is 594 g/mol. The SMILES string of the molecule is Cl.NC(N)=Nc1ccc(C(=O)Oc2ccc(CCC(=O)N(CC(=O)O)Cc3cccs3)c(Cl)c2)cc1.O=C=O. The van der Waals surface area contributed by atoms with Gasteiger partial charge in [0.15, 0.2) is 5.96 Å². The molecule has 0 aliphatic heterocycles. The van der Waals surface area contributed by atoms with Gasteiger partial charge in [-0.15, -0.1) is 23.7 Å². The minimum atomic E-state index is -1.08. The number of ether oxygens (including phenoxy) is 1. The number of carbonyl (C=O) groups excluding carboxylic acids is 4. The standard InChI is InChI=1S/C24H23ClN4O5S.CO2.ClH/c25-20-12-18(34-23(33)16-3-7-17(8-4-16)28-24(26)27)9-5-15(20)6-10-21(30)29(14-22(31)32)13-19-2-1-11-35-19;2-1-3;/h1-5,7-9,11-12H,6,10,13-14H2,(H,31,32)(H4,26,27,28);;1H. The lowest BCUT2D eigenvalue weighted by molar-refractivity contribution is -0.191. The van der Waals surface area contributed by atoms with Crippen LogP contribution in [0.25, 0.3) is 0 Å². The fourth-order valence-corrected chi connectivity index (χ4v) is 4.15. The Labute approximate surface area is 238 Å². The lowest BCUT2D eigenvalue weighted by atomic mass is 10.1. The van der Waals surface area contributed by atoms with Crippen LogP contribution in [-0.2, 0) is 32.1 Å². The summed E-state index contributed by atoms with van der Waals surface area (Å²) in [7, 11) is 0. The number of guanidine groups is 1. The molecule has 0 unspecified atom stereocenters. The first-order valence-corrected chi connectivity index (χ1v) is 12.1. The molecule has 3 aromatic rings. The van der Waals surface area contributed by atoms with Crippen LogP contribution in [-0.4, -0.2) is 46.5 Å². The number of hydrogen-bond acceptors (Lipinski definition) is 8. The first-order chi connectivity index (χ1) is 18.1. The molecular formula is C25H24Cl2N4O7S. The zero-order valence-electron chi connectivity index (χ0n) is 20.2. The lowest BCUT2D eigenvalue weighted by Gasteiger charge is -2.20. The van der Waals surface area contributed by atoms with Gasteiger partial charge in [-0.3, -0.25) is 9.59 Å². The molecule has 14 heteroatoms. The summed E-state index contributed by atoms with van der Waals surface area (Å²) < 4.78 is 5.38. The van der Waals surface area contributed by atoms with Crippen molar-refractivity contribution in [2.45, 2.75) is 19.4 Å². The van der Waals surface area contributed by atoms with Crippen molar-refractivity contribution in [3.8, 4) is 5.75 Å². The summed E-state index contributed by atoms with van der Waals surface area (Å²) >= 11 is 7.80. The average Bonchev–Trinajstić information content (AvgIpc) is 3.36. The molecule has 0 bridgehead atoms. The minimum absolute atomic E-state index is 0. The summed E-state index contributed by atoms with van der Waals surface area (Å²) in [6.07, 6.45) is 0.637. The van der Waals surface area contributed by atoms with E-state index in [1.165, 1.54) is 34.4 Å². The molecule has 206 valence electrons. The van der Waals surface area contributed by atoms with Gasteiger partial charge in [-0.2, -0.15) is 9.59 Å². The molecule has 0 saturated carbocycles. The minimum Gasteiger partial charge on any atom is -0.480 e. The van der Waals surface area contributed by atoms with Gasteiger partial charge < -0.3 is 26.2 Å². The second-order valence-corrected chi connectivity index (χ2v) is 8.97. The number of carboxylic acids is 1. The number of aryl methyl sites for hydroxylation is 1. The van der Waals surface area contributed by atoms with Crippen molar-refractivity contribution < 1.29 is 33.8 Å². The van der Waals surface area contributed by atoms with Crippen molar-refractivity contribution in [3.63, 3.8) is 0 Å². The molecule has 11 nitrogen and oxygen atoms in total. The van der Waals surface area contributed by atoms with E-state index in [9.17, 15) is 14.4 Å². The zero-order chi connectivity index (χ0) is 28.1. The largest absolute Gasteiger partial charge is 0.480 e. The summed E-state index contributed by atoms with van der Waals surface area (Å²) in [5.74, 6) is -1.80. The van der Waals surface area contributed by atoms with Gasteiger partial charge in [0.1, 0.15) is 12.3 Å². The Morgan fingerprint density at radius 1 is 1.08 bits per heavy atom. The van der Waals surface area contributed by atoms with E-state index in [-0.39, 0.29) is 55.7 Å². The van der Waals surface area contributed by atoms with Crippen LogP contribution in [0, 0.1) is 0 Å². The average molecular weight is 595 g/mol. The Morgan fingerprint density at radius 3 is 2.28 bits per heavy atom. The Balaban J connectivity index is 0.00000181. The third-order valence-corrected chi connectivity index (χ3v) is 6.02. The molecule has 0 fully saturated rings. The molecule has 0 aliphatic rings. The molecule has 0 saturated heterocycles. The van der Waals surface area contributed by atoms with Gasteiger partial charge in [-0.1, -0.05) is 23.7 Å². The molecule has 0 radical (unpaired) electrons. The lowest BCUT2D eigenvalue weighted by Crippen LogP contribution is -2.35. The maximum atomic E-state index is 12.7. The van der Waals surface area contributed by atoms with Crippen molar-refractivity contribution in [1.29, 1.82) is 0 Å². The third kappa shape index (κ3) is 11.4. The van der Waals surface area contributed by atoms with Crippen LogP contribution in [0.15, 0.2) is 65.0 Å². The van der Waals surface area contributed by atoms with Crippen molar-refractivity contribution in [2.24, 2.45) is 16.5 Å². The number of benzene rings is 2. The number of carbonyl (C=O) groups is 3. The van der Waals surface area contributed by atoms with Gasteiger partial charge in [-0.25, -0.2) is 9.79 Å². The summed E-state index contributed by atoms with van der Waals surface area (Å²) in [6, 6.07) is 14.7. The number of amides is 1. The zero-order valence-corrected chi connectivity index (χ0v) is 22.6. The first-order valence-electron chi connectivity index (χ1n) is 10.8. The number of thiophene rings is 1. The van der Waals surface area contributed by atoms with Crippen molar-refractivity contribution >= 4 is 71.0 Å². The summed E-state index contributed by atoms with van der Waals surface area (Å²) in [6.45, 7) is -0.148. The van der Waals surface area contributed by atoms with Crippen LogP contribution in [0.3, 0.4) is 0 Å². The number of halogens is 2. The molecule has 39 heavy (non-hydrogen) atoms. The Kier molecular flexibility index (Phi) is 14.0. The quantitative estimate of drug-likeness (QED) is 0.137. The number of carboxylic acid groups (broad SMARTS) is 1. The number of hydrogen-bond donors (Lipinski definition) is 3. The predicted octanol–water partition coefficient (Wildman–Crippen LogP) is 3.41. The van der Waals surface area contributed by atoms with Crippen molar-refractivity contribution in [3.05, 3.63) is 81.0 Å². The molecular weight excluding hydrogens is 571 g/mol. The second kappa shape index (κ2) is 16.6. The highest BCUT2D eigenvalue weighted by Crippen LogP contribution is 2.25. The van der Waals surface area contributed by atoms with E-state index in [2.05, 4.69) is 4.99 Å². The van der Waals surface area contributed by atoms with Gasteiger partial charge in [0.25, 0.3) is 0 Å². The predicted molar refractivity (Wildman–Crippen MR) is 146 cm³/mol. The number of aliphatic carboxylic acids is 1. The highest BCUT2D eigenvalue weighted by Gasteiger charge is 2.18. The summed E-state index contributed by atoms with van der Waals surface area (Å²) in [5.41, 5.74) is 12.1. The second-order valence-electron chi connectivity index (χ2n) is 7.53. The number of aliphatic imine (C=N–C) groups is 1.